The van der Waals surface area contributed by atoms with E-state index in [2.05, 4.69) is 5.38 Å². The van der Waals surface area contributed by atoms with E-state index >= 15 is 0 Å². The largest absolute Gasteiger partial charge is 0.497 e. The molecule has 0 saturated heterocycles. The quantitative estimate of drug-likeness (QED) is 0.323. The summed E-state index contributed by atoms with van der Waals surface area (Å²) in [5.41, 5.74) is 3.89. The van der Waals surface area contributed by atoms with Crippen LogP contribution in [0.2, 0.25) is 0 Å². The SMILES string of the molecule is COc1ccc(F)c(-c2scc(COc3cccc([C@@H](CC(=O)O)C4CC4)c3)c2C2CC2)c1.S. The second kappa shape index (κ2) is 10.4. The Morgan fingerprint density at radius 3 is 2.62 bits per heavy atom. The molecule has 2 aromatic carbocycles. The van der Waals surface area contributed by atoms with Crippen molar-refractivity contribution < 1.29 is 23.8 Å². The zero-order valence-electron chi connectivity index (χ0n) is 19.1. The van der Waals surface area contributed by atoms with Gasteiger partial charge in [0.15, 0.2) is 0 Å². The van der Waals surface area contributed by atoms with E-state index in [0.717, 1.165) is 47.4 Å². The lowest BCUT2D eigenvalue weighted by molar-refractivity contribution is -0.137. The smallest absolute Gasteiger partial charge is 0.303 e. The highest BCUT2D eigenvalue weighted by Gasteiger charge is 2.34. The number of hydrogen-bond acceptors (Lipinski definition) is 4. The molecule has 3 aromatic rings. The molecule has 2 saturated carbocycles. The van der Waals surface area contributed by atoms with Gasteiger partial charge in [0.05, 0.1) is 13.5 Å². The van der Waals surface area contributed by atoms with Crippen LogP contribution in [-0.2, 0) is 11.4 Å². The molecule has 0 bridgehead atoms. The van der Waals surface area contributed by atoms with E-state index in [4.69, 9.17) is 9.47 Å². The Labute approximate surface area is 210 Å². The Morgan fingerprint density at radius 1 is 1.15 bits per heavy atom. The number of rotatable bonds is 10. The Hall–Kier alpha value is -2.51. The third-order valence-electron chi connectivity index (χ3n) is 6.58. The second-order valence-corrected chi connectivity index (χ2v) is 9.91. The minimum atomic E-state index is -0.761. The summed E-state index contributed by atoms with van der Waals surface area (Å²) in [4.78, 5) is 12.3. The number of carboxylic acids is 1. The van der Waals surface area contributed by atoms with Crippen LogP contribution >= 0.6 is 24.8 Å². The summed E-state index contributed by atoms with van der Waals surface area (Å²) in [6.45, 7) is 0.407. The average Bonchev–Trinajstić information content (AvgIpc) is 3.75. The average molecular weight is 501 g/mol. The van der Waals surface area contributed by atoms with Crippen molar-refractivity contribution >= 4 is 30.8 Å². The van der Waals surface area contributed by atoms with E-state index in [1.54, 1.807) is 30.6 Å². The molecule has 2 aliphatic rings. The summed E-state index contributed by atoms with van der Waals surface area (Å²) in [7, 11) is 1.59. The molecule has 0 radical (unpaired) electrons. The van der Waals surface area contributed by atoms with Crippen LogP contribution in [-0.4, -0.2) is 18.2 Å². The van der Waals surface area contributed by atoms with Gasteiger partial charge in [0.2, 0.25) is 0 Å². The van der Waals surface area contributed by atoms with Crippen molar-refractivity contribution in [2.24, 2.45) is 5.92 Å². The first-order valence-corrected chi connectivity index (χ1v) is 12.3. The van der Waals surface area contributed by atoms with Crippen LogP contribution in [0.1, 0.15) is 60.6 Å². The number of hydrogen-bond donors (Lipinski definition) is 1. The minimum Gasteiger partial charge on any atom is -0.497 e. The number of aliphatic carboxylic acids is 1. The first-order valence-electron chi connectivity index (χ1n) is 11.4. The van der Waals surface area contributed by atoms with Gasteiger partial charge in [-0.1, -0.05) is 12.1 Å². The molecule has 1 heterocycles. The lowest BCUT2D eigenvalue weighted by Gasteiger charge is -2.16. The molecule has 180 valence electrons. The number of carboxylic acid groups (broad SMARTS) is 1. The summed E-state index contributed by atoms with van der Waals surface area (Å²) in [5.74, 6) is 1.31. The van der Waals surface area contributed by atoms with Gasteiger partial charge in [0, 0.05) is 16.0 Å². The normalized spacial score (nSPS) is 15.9. The third kappa shape index (κ3) is 5.41. The number of halogens is 1. The van der Waals surface area contributed by atoms with Gasteiger partial charge in [0.25, 0.3) is 0 Å². The highest BCUT2D eigenvalue weighted by Crippen LogP contribution is 2.50. The van der Waals surface area contributed by atoms with Crippen LogP contribution in [0.4, 0.5) is 4.39 Å². The molecule has 0 aliphatic heterocycles. The van der Waals surface area contributed by atoms with Crippen LogP contribution in [0.15, 0.2) is 47.8 Å². The van der Waals surface area contributed by atoms with E-state index in [-0.39, 0.29) is 31.7 Å². The van der Waals surface area contributed by atoms with Crippen LogP contribution < -0.4 is 9.47 Å². The van der Waals surface area contributed by atoms with E-state index < -0.39 is 5.97 Å². The van der Waals surface area contributed by atoms with E-state index in [1.807, 2.05) is 24.3 Å². The molecule has 1 atom stereocenters. The molecule has 1 N–H and O–H groups in total. The molecule has 1 aromatic heterocycles. The van der Waals surface area contributed by atoms with Gasteiger partial charge in [-0.3, -0.25) is 4.79 Å². The Bertz CT molecular complexity index is 1170. The van der Waals surface area contributed by atoms with Crippen molar-refractivity contribution in [2.45, 2.75) is 50.5 Å². The van der Waals surface area contributed by atoms with Gasteiger partial charge < -0.3 is 14.6 Å². The number of thiophene rings is 1. The summed E-state index contributed by atoms with van der Waals surface area (Å²) in [6.07, 6.45) is 4.55. The monoisotopic (exact) mass is 500 g/mol. The van der Waals surface area contributed by atoms with Gasteiger partial charge in [0.1, 0.15) is 23.9 Å². The van der Waals surface area contributed by atoms with Crippen molar-refractivity contribution in [2.75, 3.05) is 7.11 Å². The van der Waals surface area contributed by atoms with E-state index in [1.165, 1.54) is 11.6 Å². The summed E-state index contributed by atoms with van der Waals surface area (Å²) >= 11 is 1.55. The van der Waals surface area contributed by atoms with Gasteiger partial charge in [-0.25, -0.2) is 4.39 Å². The van der Waals surface area contributed by atoms with Gasteiger partial charge in [-0.2, -0.15) is 13.5 Å². The first-order chi connectivity index (χ1) is 16.0. The van der Waals surface area contributed by atoms with Crippen LogP contribution in [0.25, 0.3) is 10.4 Å². The lowest BCUT2D eigenvalue weighted by atomic mass is 9.91. The second-order valence-electron chi connectivity index (χ2n) is 9.03. The maximum Gasteiger partial charge on any atom is 0.303 e. The summed E-state index contributed by atoms with van der Waals surface area (Å²) in [5, 5.41) is 11.4. The lowest BCUT2D eigenvalue weighted by Crippen LogP contribution is -2.08. The van der Waals surface area contributed by atoms with E-state index in [9.17, 15) is 14.3 Å². The zero-order chi connectivity index (χ0) is 22.9. The number of benzene rings is 2. The highest BCUT2D eigenvalue weighted by atomic mass is 32.1. The van der Waals surface area contributed by atoms with Crippen molar-refractivity contribution in [1.82, 2.24) is 0 Å². The topological polar surface area (TPSA) is 55.8 Å². The molecular formula is C27H29FO4S2. The predicted molar refractivity (Wildman–Crippen MR) is 137 cm³/mol. The molecule has 5 rings (SSSR count). The van der Waals surface area contributed by atoms with Crippen LogP contribution in [0.5, 0.6) is 11.5 Å². The minimum absolute atomic E-state index is 0. The van der Waals surface area contributed by atoms with Crippen LogP contribution in [0, 0.1) is 11.7 Å². The standard InChI is InChI=1S/C27H27FO4S.H2S/c1-31-20-9-10-24(28)23(12-20)27-26(17-7-8-17)19(15-33-27)14-32-21-4-2-3-18(11-21)22(13-25(29)30)16-5-6-16;/h2-4,9-12,15-17,22H,5-8,13-14H2,1H3,(H,29,30);1H2/t22-;/m0./s1. The summed E-state index contributed by atoms with van der Waals surface area (Å²) < 4.78 is 26.2. The fraction of sp³-hybridized carbons (Fsp3) is 0.370. The third-order valence-corrected chi connectivity index (χ3v) is 7.66. The maximum atomic E-state index is 14.7. The molecule has 34 heavy (non-hydrogen) atoms. The number of methoxy groups -OCH3 is 1. The molecule has 0 amide bonds. The van der Waals surface area contributed by atoms with Crippen molar-refractivity contribution in [3.8, 4) is 21.9 Å². The van der Waals surface area contributed by atoms with Crippen LogP contribution in [0.3, 0.4) is 0 Å². The molecule has 0 unspecified atom stereocenters. The van der Waals surface area contributed by atoms with Gasteiger partial charge in [-0.05, 0) is 90.3 Å². The van der Waals surface area contributed by atoms with Crippen molar-refractivity contribution in [3.63, 3.8) is 0 Å². The fourth-order valence-electron chi connectivity index (χ4n) is 4.59. The van der Waals surface area contributed by atoms with Crippen molar-refractivity contribution in [3.05, 3.63) is 70.4 Å². The van der Waals surface area contributed by atoms with Gasteiger partial charge in [-0.15, -0.1) is 11.3 Å². The number of ether oxygens (including phenoxy) is 2. The molecule has 4 nitrogen and oxygen atoms in total. The molecule has 2 aliphatic carbocycles. The molecule has 7 heteroatoms. The first kappa shape index (κ1) is 24.6. The molecule has 2 fully saturated rings. The Balaban J connectivity index is 0.00000274. The Kier molecular flexibility index (Phi) is 7.53. The Morgan fingerprint density at radius 2 is 1.94 bits per heavy atom. The fourth-order valence-corrected chi connectivity index (χ4v) is 5.75. The summed E-state index contributed by atoms with van der Waals surface area (Å²) in [6, 6.07) is 12.7. The zero-order valence-corrected chi connectivity index (χ0v) is 20.9. The van der Waals surface area contributed by atoms with E-state index in [0.29, 0.717) is 29.8 Å². The number of carbonyl (C=O) groups is 1. The van der Waals surface area contributed by atoms with Gasteiger partial charge >= 0.3 is 5.97 Å². The molecule has 0 spiro atoms. The van der Waals surface area contributed by atoms with Crippen molar-refractivity contribution in [1.29, 1.82) is 0 Å². The predicted octanol–water partition coefficient (Wildman–Crippen LogP) is 7.10. The highest BCUT2D eigenvalue weighted by molar-refractivity contribution is 7.59. The maximum absolute atomic E-state index is 14.7. The molecular weight excluding hydrogens is 471 g/mol.